The Morgan fingerprint density at radius 3 is 2.44 bits per heavy atom. The summed E-state index contributed by atoms with van der Waals surface area (Å²) >= 11 is 0. The van der Waals surface area contributed by atoms with Crippen molar-refractivity contribution in [2.45, 2.75) is 38.3 Å². The van der Waals surface area contributed by atoms with Gasteiger partial charge in [0.1, 0.15) is 5.54 Å². The molecule has 0 aromatic heterocycles. The molecule has 0 saturated carbocycles. The van der Waals surface area contributed by atoms with Gasteiger partial charge >= 0.3 is 5.97 Å². The van der Waals surface area contributed by atoms with E-state index in [1.54, 1.807) is 25.8 Å². The van der Waals surface area contributed by atoms with Crippen LogP contribution in [0, 0.1) is 0 Å². The van der Waals surface area contributed by atoms with Gasteiger partial charge in [0.05, 0.1) is 11.5 Å². The molecule has 1 heterocycles. The van der Waals surface area contributed by atoms with E-state index < -0.39 is 21.3 Å². The highest BCUT2D eigenvalue weighted by molar-refractivity contribution is 7.91. The number of aliphatic carboxylic acids is 1. The van der Waals surface area contributed by atoms with Crippen LogP contribution in [0.5, 0.6) is 0 Å². The highest BCUT2D eigenvalue weighted by Crippen LogP contribution is 2.23. The van der Waals surface area contributed by atoms with Crippen molar-refractivity contribution in [2.75, 3.05) is 18.6 Å². The number of carboxylic acids is 1. The maximum atomic E-state index is 11.5. The van der Waals surface area contributed by atoms with Gasteiger partial charge in [0.2, 0.25) is 0 Å². The molecule has 0 spiro atoms. The first-order valence-electron chi connectivity index (χ1n) is 5.33. The van der Waals surface area contributed by atoms with Crippen LogP contribution in [0.15, 0.2) is 0 Å². The van der Waals surface area contributed by atoms with Gasteiger partial charge in [-0.15, -0.1) is 0 Å². The predicted octanol–water partition coefficient (Wildman–Crippen LogP) is 0.359. The van der Waals surface area contributed by atoms with Crippen LogP contribution < -0.4 is 0 Å². The number of carbonyl (C=O) groups is 1. The maximum absolute atomic E-state index is 11.5. The summed E-state index contributed by atoms with van der Waals surface area (Å²) < 4.78 is 23.0. The van der Waals surface area contributed by atoms with Crippen molar-refractivity contribution in [3.8, 4) is 0 Å². The largest absolute Gasteiger partial charge is 0.480 e. The van der Waals surface area contributed by atoms with Crippen LogP contribution >= 0.6 is 0 Å². The van der Waals surface area contributed by atoms with Crippen molar-refractivity contribution < 1.29 is 18.3 Å². The standard InChI is InChI=1S/C10H19NO4S/c1-10(2,9(12)13)11(3)8-5-4-6-16(14,15)7-8/h8H,4-7H2,1-3H3,(H,12,13). The third-order valence-corrected chi connectivity index (χ3v) is 5.20. The normalized spacial score (nSPS) is 25.6. The Labute approximate surface area is 96.4 Å². The van der Waals surface area contributed by atoms with Crippen LogP contribution in [0.1, 0.15) is 26.7 Å². The highest BCUT2D eigenvalue weighted by Gasteiger charge is 2.39. The first kappa shape index (κ1) is 13.4. The second kappa shape index (κ2) is 4.33. The number of nitrogens with zero attached hydrogens (tertiary/aromatic N) is 1. The molecular weight excluding hydrogens is 230 g/mol. The van der Waals surface area contributed by atoms with Crippen LogP contribution in [-0.4, -0.2) is 54.5 Å². The Morgan fingerprint density at radius 1 is 1.44 bits per heavy atom. The molecule has 1 fully saturated rings. The van der Waals surface area contributed by atoms with E-state index in [0.29, 0.717) is 6.42 Å². The Hall–Kier alpha value is -0.620. The minimum atomic E-state index is -3.00. The molecule has 1 N–H and O–H groups in total. The molecule has 0 aromatic rings. The lowest BCUT2D eigenvalue weighted by Crippen LogP contribution is -2.55. The van der Waals surface area contributed by atoms with Crippen LogP contribution in [0.4, 0.5) is 0 Å². The summed E-state index contributed by atoms with van der Waals surface area (Å²) in [4.78, 5) is 12.7. The van der Waals surface area contributed by atoms with E-state index in [9.17, 15) is 13.2 Å². The fraction of sp³-hybridized carbons (Fsp3) is 0.900. The van der Waals surface area contributed by atoms with Crippen molar-refractivity contribution in [1.82, 2.24) is 4.90 Å². The fourth-order valence-corrected chi connectivity index (χ4v) is 3.66. The number of likely N-dealkylation sites (N-methyl/N-ethyl adjacent to an activating group) is 1. The zero-order chi connectivity index (χ0) is 12.6. The summed E-state index contributed by atoms with van der Waals surface area (Å²) in [5, 5.41) is 9.08. The Kier molecular flexibility index (Phi) is 3.64. The monoisotopic (exact) mass is 249 g/mol. The van der Waals surface area contributed by atoms with E-state index in [4.69, 9.17) is 5.11 Å². The van der Waals surface area contributed by atoms with Gasteiger partial charge in [0.25, 0.3) is 0 Å². The lowest BCUT2D eigenvalue weighted by Gasteiger charge is -2.39. The average molecular weight is 249 g/mol. The Bertz CT molecular complexity index is 374. The summed E-state index contributed by atoms with van der Waals surface area (Å²) in [6, 6.07) is -0.190. The van der Waals surface area contributed by atoms with Gasteiger partial charge in [0, 0.05) is 6.04 Å². The zero-order valence-corrected chi connectivity index (χ0v) is 10.7. The number of carboxylic acid groups (broad SMARTS) is 1. The molecule has 1 unspecified atom stereocenters. The molecule has 1 rings (SSSR count). The third kappa shape index (κ3) is 2.74. The zero-order valence-electron chi connectivity index (χ0n) is 9.93. The highest BCUT2D eigenvalue weighted by atomic mass is 32.2. The Balaban J connectivity index is 2.82. The van der Waals surface area contributed by atoms with E-state index in [-0.39, 0.29) is 17.5 Å². The summed E-state index contributed by atoms with van der Waals surface area (Å²) in [6.45, 7) is 3.19. The Morgan fingerprint density at radius 2 is 2.00 bits per heavy atom. The quantitative estimate of drug-likeness (QED) is 0.781. The van der Waals surface area contributed by atoms with Crippen molar-refractivity contribution in [3.05, 3.63) is 0 Å². The van der Waals surface area contributed by atoms with Gasteiger partial charge in [-0.1, -0.05) is 0 Å². The molecule has 5 nitrogen and oxygen atoms in total. The van der Waals surface area contributed by atoms with Crippen molar-refractivity contribution in [3.63, 3.8) is 0 Å². The van der Waals surface area contributed by atoms with Crippen molar-refractivity contribution in [1.29, 1.82) is 0 Å². The smallest absolute Gasteiger partial charge is 0.323 e. The van der Waals surface area contributed by atoms with Crippen LogP contribution in [0.2, 0.25) is 0 Å². The first-order valence-corrected chi connectivity index (χ1v) is 7.16. The molecule has 94 valence electrons. The summed E-state index contributed by atoms with van der Waals surface area (Å²) in [6.07, 6.45) is 1.36. The molecule has 1 aliphatic heterocycles. The predicted molar refractivity (Wildman–Crippen MR) is 61.2 cm³/mol. The first-order chi connectivity index (χ1) is 7.17. The van der Waals surface area contributed by atoms with E-state index in [2.05, 4.69) is 0 Å². The summed E-state index contributed by atoms with van der Waals surface area (Å²) in [5.74, 6) is -0.636. The van der Waals surface area contributed by atoms with E-state index in [0.717, 1.165) is 6.42 Å². The molecule has 0 aromatic carbocycles. The molecule has 16 heavy (non-hydrogen) atoms. The van der Waals surface area contributed by atoms with Crippen LogP contribution in [0.3, 0.4) is 0 Å². The van der Waals surface area contributed by atoms with E-state index >= 15 is 0 Å². The average Bonchev–Trinajstić information content (AvgIpc) is 2.14. The molecule has 0 aliphatic carbocycles. The lowest BCUT2D eigenvalue weighted by molar-refractivity contribution is -0.149. The SMILES string of the molecule is CN(C1CCCS(=O)(=O)C1)C(C)(C)C(=O)O. The fourth-order valence-electron chi connectivity index (χ4n) is 1.91. The molecule has 1 atom stereocenters. The van der Waals surface area contributed by atoms with Crippen molar-refractivity contribution >= 4 is 15.8 Å². The van der Waals surface area contributed by atoms with Crippen LogP contribution in [-0.2, 0) is 14.6 Å². The van der Waals surface area contributed by atoms with Crippen LogP contribution in [0.25, 0.3) is 0 Å². The van der Waals surface area contributed by atoms with Gasteiger partial charge in [-0.25, -0.2) is 8.42 Å². The minimum absolute atomic E-state index is 0.0697. The summed E-state index contributed by atoms with van der Waals surface area (Å²) in [7, 11) is -1.32. The number of sulfone groups is 1. The number of rotatable bonds is 3. The number of hydrogen-bond acceptors (Lipinski definition) is 4. The minimum Gasteiger partial charge on any atom is -0.480 e. The van der Waals surface area contributed by atoms with Gasteiger partial charge in [0.15, 0.2) is 9.84 Å². The van der Waals surface area contributed by atoms with Crippen molar-refractivity contribution in [2.24, 2.45) is 0 Å². The van der Waals surface area contributed by atoms with E-state index in [1.165, 1.54) is 0 Å². The topological polar surface area (TPSA) is 74.7 Å². The molecule has 1 saturated heterocycles. The number of hydrogen-bond donors (Lipinski definition) is 1. The molecule has 6 heteroatoms. The molecule has 0 radical (unpaired) electrons. The van der Waals surface area contributed by atoms with Gasteiger partial charge in [-0.3, -0.25) is 9.69 Å². The third-order valence-electron chi connectivity index (χ3n) is 3.39. The molecule has 0 amide bonds. The summed E-state index contributed by atoms with van der Waals surface area (Å²) in [5.41, 5.74) is -1.03. The second-order valence-corrected chi connectivity index (χ2v) is 7.11. The molecular formula is C10H19NO4S. The second-order valence-electron chi connectivity index (χ2n) is 4.89. The molecule has 1 aliphatic rings. The lowest BCUT2D eigenvalue weighted by atomic mass is 10.00. The maximum Gasteiger partial charge on any atom is 0.323 e. The molecule has 0 bridgehead atoms. The van der Waals surface area contributed by atoms with Gasteiger partial charge in [-0.2, -0.15) is 0 Å². The van der Waals surface area contributed by atoms with E-state index in [1.807, 2.05) is 0 Å². The van der Waals surface area contributed by atoms with Gasteiger partial charge in [-0.05, 0) is 33.7 Å². The van der Waals surface area contributed by atoms with Gasteiger partial charge < -0.3 is 5.11 Å².